The van der Waals surface area contributed by atoms with Crippen LogP contribution in [0.15, 0.2) is 48.2 Å². The van der Waals surface area contributed by atoms with Crippen molar-refractivity contribution >= 4 is 0 Å². The van der Waals surface area contributed by atoms with Gasteiger partial charge in [0, 0.05) is 6.54 Å². The predicted octanol–water partition coefficient (Wildman–Crippen LogP) is 2.16. The molecule has 1 heterocycles. The van der Waals surface area contributed by atoms with Crippen LogP contribution in [0.1, 0.15) is 6.92 Å². The van der Waals surface area contributed by atoms with Crippen LogP contribution in [0.2, 0.25) is 0 Å². The van der Waals surface area contributed by atoms with Crippen LogP contribution < -0.4 is 5.32 Å². The van der Waals surface area contributed by atoms with Crippen LogP contribution in [0.5, 0.6) is 0 Å². The molecule has 0 unspecified atom stereocenters. The molecule has 1 heteroatoms. The van der Waals surface area contributed by atoms with Gasteiger partial charge in [0.25, 0.3) is 0 Å². The highest BCUT2D eigenvalue weighted by molar-refractivity contribution is 5.34. The first-order valence-electron chi connectivity index (χ1n) is 3.73. The lowest BCUT2D eigenvalue weighted by Crippen LogP contribution is -2.02. The van der Waals surface area contributed by atoms with Gasteiger partial charge in [0.2, 0.25) is 0 Å². The molecule has 0 atom stereocenters. The topological polar surface area (TPSA) is 12.0 Å². The quantitative estimate of drug-likeness (QED) is 0.553. The van der Waals surface area contributed by atoms with Gasteiger partial charge in [0.1, 0.15) is 0 Å². The third-order valence-electron chi connectivity index (χ3n) is 1.44. The molecule has 1 rings (SSSR count). The average Bonchev–Trinajstić information content (AvgIpc) is 2.02. The lowest BCUT2D eigenvalue weighted by molar-refractivity contribution is 0.985. The summed E-state index contributed by atoms with van der Waals surface area (Å²) in [6.45, 7) is 6.82. The van der Waals surface area contributed by atoms with E-state index in [0.717, 1.165) is 12.1 Å². The maximum Gasteiger partial charge on any atom is 0.0328 e. The van der Waals surface area contributed by atoms with Gasteiger partial charge in [0.15, 0.2) is 0 Å². The van der Waals surface area contributed by atoms with Crippen LogP contribution in [0, 0.1) is 0 Å². The summed E-state index contributed by atoms with van der Waals surface area (Å²) in [6.07, 6.45) is 10.1. The fraction of sp³-hybridized carbons (Fsp3) is 0.200. The normalized spacial score (nSPS) is 23.7. The Morgan fingerprint density at radius 3 is 3.09 bits per heavy atom. The highest BCUT2D eigenvalue weighted by atomic mass is 14.8. The van der Waals surface area contributed by atoms with E-state index in [1.807, 2.05) is 12.3 Å². The average molecular weight is 147 g/mol. The van der Waals surface area contributed by atoms with E-state index in [2.05, 4.69) is 37.0 Å². The summed E-state index contributed by atoms with van der Waals surface area (Å²) in [5.41, 5.74) is 2.27. The van der Waals surface area contributed by atoms with Crippen molar-refractivity contribution in [3.63, 3.8) is 0 Å². The van der Waals surface area contributed by atoms with E-state index in [-0.39, 0.29) is 0 Å². The van der Waals surface area contributed by atoms with Crippen molar-refractivity contribution in [2.24, 2.45) is 0 Å². The first-order valence-corrected chi connectivity index (χ1v) is 3.73. The SMILES string of the molecule is C=C1C=C(C)/C=C\CN/C=C\1. The molecule has 0 aliphatic carbocycles. The Labute approximate surface area is 67.8 Å². The number of hydrogen-bond acceptors (Lipinski definition) is 1. The minimum absolute atomic E-state index is 0.884. The highest BCUT2D eigenvalue weighted by Crippen LogP contribution is 2.03. The maximum absolute atomic E-state index is 3.87. The van der Waals surface area contributed by atoms with Crippen LogP contribution in [0.4, 0.5) is 0 Å². The molecule has 58 valence electrons. The molecule has 0 saturated heterocycles. The van der Waals surface area contributed by atoms with Gasteiger partial charge in [-0.25, -0.2) is 0 Å². The lowest BCUT2D eigenvalue weighted by Gasteiger charge is -1.90. The van der Waals surface area contributed by atoms with E-state index in [9.17, 15) is 0 Å². The molecule has 0 fully saturated rings. The number of allylic oxidation sites excluding steroid dienone is 5. The van der Waals surface area contributed by atoms with Crippen molar-refractivity contribution in [2.75, 3.05) is 6.54 Å². The van der Waals surface area contributed by atoms with Gasteiger partial charge >= 0.3 is 0 Å². The van der Waals surface area contributed by atoms with Crippen LogP contribution in [-0.2, 0) is 0 Å². The van der Waals surface area contributed by atoms with Crippen LogP contribution in [-0.4, -0.2) is 6.54 Å². The summed E-state index contributed by atoms with van der Waals surface area (Å²) >= 11 is 0. The molecule has 1 aliphatic heterocycles. The van der Waals surface area contributed by atoms with Gasteiger partial charge in [-0.05, 0) is 24.8 Å². The summed E-state index contributed by atoms with van der Waals surface area (Å²) in [5, 5.41) is 3.12. The molecule has 0 radical (unpaired) electrons. The van der Waals surface area contributed by atoms with Crippen LogP contribution in [0.25, 0.3) is 0 Å². The fourth-order valence-electron chi connectivity index (χ4n) is 0.936. The fourth-order valence-corrected chi connectivity index (χ4v) is 0.936. The summed E-state index contributed by atoms with van der Waals surface area (Å²) in [4.78, 5) is 0. The van der Waals surface area contributed by atoms with Crippen molar-refractivity contribution in [2.45, 2.75) is 6.92 Å². The Bertz CT molecular complexity index is 231. The zero-order valence-electron chi connectivity index (χ0n) is 6.80. The van der Waals surface area contributed by atoms with Crippen molar-refractivity contribution in [1.29, 1.82) is 0 Å². The van der Waals surface area contributed by atoms with Gasteiger partial charge in [-0.3, -0.25) is 0 Å². The Morgan fingerprint density at radius 1 is 1.45 bits per heavy atom. The first-order chi connectivity index (χ1) is 5.29. The van der Waals surface area contributed by atoms with Gasteiger partial charge in [0.05, 0.1) is 0 Å². The van der Waals surface area contributed by atoms with E-state index in [1.165, 1.54) is 5.57 Å². The van der Waals surface area contributed by atoms with Gasteiger partial charge in [-0.2, -0.15) is 0 Å². The summed E-state index contributed by atoms with van der Waals surface area (Å²) in [7, 11) is 0. The highest BCUT2D eigenvalue weighted by Gasteiger charge is 1.86. The smallest absolute Gasteiger partial charge is 0.0328 e. The van der Waals surface area contributed by atoms with Crippen molar-refractivity contribution in [3.05, 3.63) is 48.2 Å². The molecule has 0 aromatic heterocycles. The van der Waals surface area contributed by atoms with Gasteiger partial charge in [-0.15, -0.1) is 0 Å². The Kier molecular flexibility index (Phi) is 2.73. The molecule has 0 saturated carbocycles. The third kappa shape index (κ3) is 2.89. The second-order valence-corrected chi connectivity index (χ2v) is 2.61. The van der Waals surface area contributed by atoms with Crippen molar-refractivity contribution in [1.82, 2.24) is 5.32 Å². The second-order valence-electron chi connectivity index (χ2n) is 2.61. The van der Waals surface area contributed by atoms with E-state index in [1.54, 1.807) is 0 Å². The molecule has 11 heavy (non-hydrogen) atoms. The zero-order chi connectivity index (χ0) is 8.10. The predicted molar refractivity (Wildman–Crippen MR) is 49.2 cm³/mol. The van der Waals surface area contributed by atoms with Crippen molar-refractivity contribution in [3.8, 4) is 0 Å². The molecule has 0 aromatic rings. The molecule has 0 bridgehead atoms. The van der Waals surface area contributed by atoms with E-state index in [4.69, 9.17) is 0 Å². The second kappa shape index (κ2) is 3.81. The summed E-state index contributed by atoms with van der Waals surface area (Å²) in [5.74, 6) is 0. The standard InChI is InChI=1S/C10H13N/c1-9-4-3-6-11-7-5-10(2)8-9/h3-5,7-8,11H,2,6H2,1H3/b4-3-,7-5-,9-8?. The molecule has 0 spiro atoms. The van der Waals surface area contributed by atoms with Gasteiger partial charge < -0.3 is 5.32 Å². The van der Waals surface area contributed by atoms with Crippen molar-refractivity contribution < 1.29 is 0 Å². The first kappa shape index (κ1) is 7.86. The molecule has 0 aromatic carbocycles. The van der Waals surface area contributed by atoms with E-state index >= 15 is 0 Å². The minimum atomic E-state index is 0.884. The monoisotopic (exact) mass is 147 g/mol. The molecule has 1 aliphatic rings. The maximum atomic E-state index is 3.87. The van der Waals surface area contributed by atoms with Gasteiger partial charge in [-0.1, -0.05) is 30.4 Å². The summed E-state index contributed by atoms with van der Waals surface area (Å²) < 4.78 is 0. The molecule has 1 N–H and O–H groups in total. The number of nitrogens with one attached hydrogen (secondary N) is 1. The molecule has 0 amide bonds. The Morgan fingerprint density at radius 2 is 2.27 bits per heavy atom. The number of hydrogen-bond donors (Lipinski definition) is 1. The minimum Gasteiger partial charge on any atom is -0.387 e. The van der Waals surface area contributed by atoms with Crippen LogP contribution in [0.3, 0.4) is 0 Å². The van der Waals surface area contributed by atoms with E-state index < -0.39 is 0 Å². The van der Waals surface area contributed by atoms with E-state index in [0.29, 0.717) is 0 Å². The van der Waals surface area contributed by atoms with Crippen LogP contribution >= 0.6 is 0 Å². The third-order valence-corrected chi connectivity index (χ3v) is 1.44. The largest absolute Gasteiger partial charge is 0.387 e. The molecule has 1 nitrogen and oxygen atoms in total. The lowest BCUT2D eigenvalue weighted by atomic mass is 10.2. The Hall–Kier alpha value is -1.24. The number of rotatable bonds is 0. The Balaban J connectivity index is 2.79. The summed E-state index contributed by atoms with van der Waals surface area (Å²) in [6, 6.07) is 0. The molecular formula is C10H13N. The molecular weight excluding hydrogens is 134 g/mol. The zero-order valence-corrected chi connectivity index (χ0v) is 6.80.